The molecule has 3 nitrogen and oxygen atoms in total. The van der Waals surface area contributed by atoms with Crippen LogP contribution in [0.3, 0.4) is 0 Å². The molecule has 10 heavy (non-hydrogen) atoms. The van der Waals surface area contributed by atoms with E-state index in [0.29, 0.717) is 16.4 Å². The summed E-state index contributed by atoms with van der Waals surface area (Å²) in [5.74, 6) is 0.572. The predicted molar refractivity (Wildman–Crippen MR) is 39.9 cm³/mol. The fourth-order valence-corrected chi connectivity index (χ4v) is 0.669. The van der Waals surface area contributed by atoms with Crippen LogP contribution in [0.4, 0.5) is 0 Å². The normalized spacial score (nSPS) is 9.70. The number of hydrogen-bond donors (Lipinski definition) is 1. The van der Waals surface area contributed by atoms with Crippen molar-refractivity contribution in [3.05, 3.63) is 26.7 Å². The van der Waals surface area contributed by atoms with Crippen LogP contribution in [0, 0.1) is 6.92 Å². The SMILES string of the molecule is C=c1nc(C)[nH]c(=O)c1=C. The number of nitrogens with one attached hydrogen (secondary N) is 1. The molecule has 0 atom stereocenters. The van der Waals surface area contributed by atoms with Crippen molar-refractivity contribution in [1.82, 2.24) is 9.97 Å². The summed E-state index contributed by atoms with van der Waals surface area (Å²) in [4.78, 5) is 17.3. The van der Waals surface area contributed by atoms with Crippen molar-refractivity contribution in [2.45, 2.75) is 6.92 Å². The van der Waals surface area contributed by atoms with E-state index in [9.17, 15) is 4.79 Å². The van der Waals surface area contributed by atoms with Crippen molar-refractivity contribution in [2.75, 3.05) is 0 Å². The summed E-state index contributed by atoms with van der Waals surface area (Å²) in [7, 11) is 0. The van der Waals surface area contributed by atoms with Gasteiger partial charge in [-0.3, -0.25) is 4.79 Å². The van der Waals surface area contributed by atoms with Gasteiger partial charge in [-0.05, 0) is 6.92 Å². The number of rotatable bonds is 0. The molecule has 0 aliphatic carbocycles. The average Bonchev–Trinajstić information content (AvgIpc) is 1.82. The van der Waals surface area contributed by atoms with E-state index in [0.717, 1.165) is 0 Å². The first kappa shape index (κ1) is 6.74. The van der Waals surface area contributed by atoms with E-state index < -0.39 is 0 Å². The topological polar surface area (TPSA) is 45.8 Å². The fourth-order valence-electron chi connectivity index (χ4n) is 0.669. The molecule has 0 spiro atoms. The minimum atomic E-state index is -0.211. The molecule has 0 aliphatic heterocycles. The number of nitrogens with zero attached hydrogens (tertiary/aromatic N) is 1. The van der Waals surface area contributed by atoms with Crippen molar-refractivity contribution < 1.29 is 0 Å². The zero-order valence-electron chi connectivity index (χ0n) is 5.77. The first-order valence-electron chi connectivity index (χ1n) is 2.86. The molecule has 0 aromatic carbocycles. The van der Waals surface area contributed by atoms with Gasteiger partial charge in [-0.1, -0.05) is 13.2 Å². The van der Waals surface area contributed by atoms with Crippen molar-refractivity contribution in [1.29, 1.82) is 0 Å². The molecule has 1 aromatic rings. The van der Waals surface area contributed by atoms with E-state index in [-0.39, 0.29) is 5.56 Å². The molecular formula is C7H8N2O. The third-order valence-corrected chi connectivity index (χ3v) is 1.22. The second-order valence-electron chi connectivity index (χ2n) is 2.08. The van der Waals surface area contributed by atoms with E-state index in [4.69, 9.17) is 0 Å². The molecule has 52 valence electrons. The van der Waals surface area contributed by atoms with E-state index in [2.05, 4.69) is 23.1 Å². The van der Waals surface area contributed by atoms with Crippen LogP contribution >= 0.6 is 0 Å². The number of aryl methyl sites for hydroxylation is 1. The molecule has 0 saturated heterocycles. The van der Waals surface area contributed by atoms with Crippen LogP contribution in [0.15, 0.2) is 4.79 Å². The molecule has 1 aromatic heterocycles. The van der Waals surface area contributed by atoms with Crippen molar-refractivity contribution in [3.63, 3.8) is 0 Å². The standard InChI is InChI=1S/C7H8N2O/c1-4-5(2)8-6(3)9-7(4)10/h1-2H2,3H3,(H,8,9,10). The molecule has 0 amide bonds. The lowest BCUT2D eigenvalue weighted by Crippen LogP contribution is -2.41. The lowest BCUT2D eigenvalue weighted by molar-refractivity contribution is 0.976. The first-order chi connectivity index (χ1) is 4.61. The minimum absolute atomic E-state index is 0.211. The minimum Gasteiger partial charge on any atom is -0.310 e. The number of H-pyrrole nitrogens is 1. The third-order valence-electron chi connectivity index (χ3n) is 1.22. The van der Waals surface area contributed by atoms with Gasteiger partial charge < -0.3 is 4.98 Å². The summed E-state index contributed by atoms with van der Waals surface area (Å²) >= 11 is 0. The van der Waals surface area contributed by atoms with Gasteiger partial charge in [-0.2, -0.15) is 0 Å². The second kappa shape index (κ2) is 2.10. The molecule has 0 unspecified atom stereocenters. The van der Waals surface area contributed by atoms with Crippen molar-refractivity contribution in [3.8, 4) is 0 Å². The van der Waals surface area contributed by atoms with Crippen molar-refractivity contribution >= 4 is 13.2 Å². The summed E-state index contributed by atoms with van der Waals surface area (Å²) < 4.78 is 0. The lowest BCUT2D eigenvalue weighted by Gasteiger charge is -1.88. The van der Waals surface area contributed by atoms with Crippen LogP contribution in [0.5, 0.6) is 0 Å². The first-order valence-corrected chi connectivity index (χ1v) is 2.86. The molecule has 1 N–H and O–H groups in total. The van der Waals surface area contributed by atoms with Gasteiger partial charge in [0.15, 0.2) is 0 Å². The Morgan fingerprint density at radius 2 is 2.10 bits per heavy atom. The second-order valence-corrected chi connectivity index (χ2v) is 2.08. The maximum absolute atomic E-state index is 10.9. The van der Waals surface area contributed by atoms with Gasteiger partial charge in [-0.25, -0.2) is 4.98 Å². The van der Waals surface area contributed by atoms with Crippen molar-refractivity contribution in [2.24, 2.45) is 0 Å². The molecule has 0 fully saturated rings. The Balaban J connectivity index is 3.80. The molecule has 1 rings (SSSR count). The van der Waals surface area contributed by atoms with Gasteiger partial charge in [0.1, 0.15) is 5.82 Å². The Hall–Kier alpha value is -1.38. The van der Waals surface area contributed by atoms with E-state index in [1.54, 1.807) is 6.92 Å². The maximum atomic E-state index is 10.9. The van der Waals surface area contributed by atoms with E-state index >= 15 is 0 Å². The zero-order valence-corrected chi connectivity index (χ0v) is 5.77. The lowest BCUT2D eigenvalue weighted by atomic mass is 10.4. The van der Waals surface area contributed by atoms with Gasteiger partial charge in [0.25, 0.3) is 5.56 Å². The Morgan fingerprint density at radius 3 is 2.60 bits per heavy atom. The summed E-state index contributed by atoms with van der Waals surface area (Å²) in [6.07, 6.45) is 0. The summed E-state index contributed by atoms with van der Waals surface area (Å²) in [6.45, 7) is 8.74. The van der Waals surface area contributed by atoms with Crippen LogP contribution in [-0.4, -0.2) is 9.97 Å². The smallest absolute Gasteiger partial charge is 0.258 e. The Morgan fingerprint density at radius 1 is 1.50 bits per heavy atom. The quantitative estimate of drug-likeness (QED) is 0.492. The average molecular weight is 136 g/mol. The highest BCUT2D eigenvalue weighted by Crippen LogP contribution is 1.65. The summed E-state index contributed by atoms with van der Waals surface area (Å²) in [6, 6.07) is 0. The molecule has 0 bridgehead atoms. The van der Waals surface area contributed by atoms with Crippen LogP contribution in [-0.2, 0) is 0 Å². The fraction of sp³-hybridized carbons (Fsp3) is 0.143. The number of hydrogen-bond acceptors (Lipinski definition) is 2. The molecular weight excluding hydrogens is 128 g/mol. The maximum Gasteiger partial charge on any atom is 0.258 e. The predicted octanol–water partition coefficient (Wildman–Crippen LogP) is -1.10. The van der Waals surface area contributed by atoms with E-state index in [1.807, 2.05) is 0 Å². The molecule has 1 heterocycles. The molecule has 0 aliphatic rings. The van der Waals surface area contributed by atoms with Crippen LogP contribution in [0.25, 0.3) is 13.2 Å². The van der Waals surface area contributed by atoms with E-state index in [1.165, 1.54) is 0 Å². The van der Waals surface area contributed by atoms with Gasteiger partial charge in [-0.15, -0.1) is 0 Å². The number of aromatic amines is 1. The summed E-state index contributed by atoms with van der Waals surface area (Å²) in [5, 5.41) is 0.784. The molecule has 0 saturated carbocycles. The Bertz CT molecular complexity index is 357. The van der Waals surface area contributed by atoms with Crippen LogP contribution in [0.2, 0.25) is 0 Å². The van der Waals surface area contributed by atoms with Crippen LogP contribution in [0.1, 0.15) is 5.82 Å². The van der Waals surface area contributed by atoms with Gasteiger partial charge in [0.2, 0.25) is 0 Å². The highest BCUT2D eigenvalue weighted by Gasteiger charge is 1.89. The van der Waals surface area contributed by atoms with Gasteiger partial charge in [0.05, 0.1) is 10.6 Å². The van der Waals surface area contributed by atoms with Crippen LogP contribution < -0.4 is 16.1 Å². The van der Waals surface area contributed by atoms with Gasteiger partial charge >= 0.3 is 0 Å². The Labute approximate surface area is 57.7 Å². The molecule has 3 heteroatoms. The number of aromatic nitrogens is 2. The highest BCUT2D eigenvalue weighted by molar-refractivity contribution is 5.07. The molecule has 0 radical (unpaired) electrons. The Kier molecular flexibility index (Phi) is 1.41. The largest absolute Gasteiger partial charge is 0.310 e. The summed E-state index contributed by atoms with van der Waals surface area (Å²) in [5.41, 5.74) is -0.211. The monoisotopic (exact) mass is 136 g/mol. The zero-order chi connectivity index (χ0) is 7.72. The third kappa shape index (κ3) is 0.978. The van der Waals surface area contributed by atoms with Gasteiger partial charge in [0, 0.05) is 0 Å². The highest BCUT2D eigenvalue weighted by atomic mass is 16.1.